The molecule has 6 nitrogen and oxygen atoms in total. The lowest BCUT2D eigenvalue weighted by atomic mass is 10.1. The monoisotopic (exact) mass is 470 g/mol. The van der Waals surface area contributed by atoms with Gasteiger partial charge in [-0.25, -0.2) is 4.98 Å². The number of ether oxygens (including phenoxy) is 3. The van der Waals surface area contributed by atoms with Gasteiger partial charge in [-0.1, -0.05) is 6.04 Å². The predicted octanol–water partition coefficient (Wildman–Crippen LogP) is 5.91. The topological polar surface area (TPSA) is 78.6 Å². The van der Waals surface area contributed by atoms with Crippen molar-refractivity contribution >= 4 is 16.6 Å². The summed E-state index contributed by atoms with van der Waals surface area (Å²) in [5, 5.41) is 3.41. The summed E-state index contributed by atoms with van der Waals surface area (Å²) in [6.45, 7) is 3.89. The van der Waals surface area contributed by atoms with Crippen LogP contribution in [0.1, 0.15) is 40.5 Å². The molecule has 3 rings (SSSR count). The quantitative estimate of drug-likeness (QED) is 0.405. The zero-order chi connectivity index (χ0) is 30.2. The number of halogens is 3. The molecule has 1 heterocycles. The minimum atomic E-state index is -5.16. The Morgan fingerprint density at radius 3 is 2.73 bits per heavy atom. The number of alkyl halides is 3. The number of nitrogens with zero attached hydrogens (tertiary/aromatic N) is 1. The first-order chi connectivity index (χ1) is 18.5. The molecule has 1 aromatic heterocycles. The molecule has 0 fully saturated rings. The highest BCUT2D eigenvalue weighted by atomic mass is 19.4. The predicted molar refractivity (Wildman–Crippen MR) is 122 cm³/mol. The van der Waals surface area contributed by atoms with Crippen molar-refractivity contribution in [3.05, 3.63) is 47.4 Å². The number of nitrogens with one attached hydrogen (secondary N) is 1. The van der Waals surface area contributed by atoms with E-state index in [0.717, 1.165) is 0 Å². The van der Waals surface area contributed by atoms with Crippen LogP contribution in [0.4, 0.5) is 18.9 Å². The highest BCUT2D eigenvalue weighted by Crippen LogP contribution is 2.45. The molecule has 0 amide bonds. The second kappa shape index (κ2) is 10.2. The van der Waals surface area contributed by atoms with Gasteiger partial charge < -0.3 is 25.3 Å². The van der Waals surface area contributed by atoms with Gasteiger partial charge >= 0.3 is 6.18 Å². The molecule has 0 aliphatic rings. The van der Waals surface area contributed by atoms with Crippen molar-refractivity contribution in [2.45, 2.75) is 38.9 Å². The Hall–Kier alpha value is -3.20. The van der Waals surface area contributed by atoms with Crippen molar-refractivity contribution in [3.63, 3.8) is 0 Å². The van der Waals surface area contributed by atoms with Gasteiger partial charge in [-0.2, -0.15) is 13.2 Å². The number of anilines is 1. The first-order valence-corrected chi connectivity index (χ1v) is 10.0. The van der Waals surface area contributed by atoms with E-state index < -0.39 is 48.7 Å². The molecule has 3 N–H and O–H groups in total. The number of hydrogen-bond donors (Lipinski definition) is 2. The molecule has 0 saturated carbocycles. The molecule has 0 saturated heterocycles. The molecular formula is C24H28F3N3O3. The summed E-state index contributed by atoms with van der Waals surface area (Å²) in [7, 11) is -1.55. The molecule has 178 valence electrons. The molecule has 3 aromatic rings. The minimum Gasteiger partial charge on any atom is -0.493 e. The summed E-state index contributed by atoms with van der Waals surface area (Å²) in [5.41, 5.74) is 4.69. The van der Waals surface area contributed by atoms with Crippen LogP contribution in [0.2, 0.25) is 0 Å². The molecule has 2 aromatic carbocycles. The molecule has 0 aliphatic carbocycles. The van der Waals surface area contributed by atoms with Crippen LogP contribution < -0.4 is 25.3 Å². The van der Waals surface area contributed by atoms with Gasteiger partial charge in [0.15, 0.2) is 11.5 Å². The third kappa shape index (κ3) is 5.60. The maximum Gasteiger partial charge on any atom is 0.416 e. The maximum atomic E-state index is 13.7. The Balaban J connectivity index is 2.34. The fourth-order valence-electron chi connectivity index (χ4n) is 3.31. The molecule has 9 heteroatoms. The van der Waals surface area contributed by atoms with E-state index in [-0.39, 0.29) is 34.3 Å². The maximum absolute atomic E-state index is 13.7. The summed E-state index contributed by atoms with van der Waals surface area (Å²) in [4.78, 5) is 4.32. The fraction of sp³-hybridized carbons (Fsp3) is 0.375. The van der Waals surface area contributed by atoms with E-state index >= 15 is 0 Å². The van der Waals surface area contributed by atoms with Crippen molar-refractivity contribution in [1.82, 2.24) is 4.98 Å². The molecule has 33 heavy (non-hydrogen) atoms. The van der Waals surface area contributed by atoms with Crippen LogP contribution in [0, 0.1) is 6.92 Å². The number of rotatable bonds is 9. The van der Waals surface area contributed by atoms with Crippen LogP contribution in [-0.4, -0.2) is 31.7 Å². The van der Waals surface area contributed by atoms with Gasteiger partial charge in [0.25, 0.3) is 0 Å². The number of methoxy groups -OCH3 is 2. The molecule has 0 radical (unpaired) electrons. The first-order valence-electron chi connectivity index (χ1n) is 13.5. The van der Waals surface area contributed by atoms with Gasteiger partial charge in [-0.3, -0.25) is 0 Å². The Labute approximate surface area is 200 Å². The fourth-order valence-corrected chi connectivity index (χ4v) is 3.31. The highest BCUT2D eigenvalue weighted by Gasteiger charge is 2.31. The van der Waals surface area contributed by atoms with Crippen LogP contribution >= 0.6 is 0 Å². The lowest BCUT2D eigenvalue weighted by Crippen LogP contribution is -2.17. The van der Waals surface area contributed by atoms with E-state index in [9.17, 15) is 13.2 Å². The number of aryl methyl sites for hydroxylation is 1. The van der Waals surface area contributed by atoms with Gasteiger partial charge in [0.05, 0.1) is 40.4 Å². The van der Waals surface area contributed by atoms with Crippen molar-refractivity contribution in [1.29, 1.82) is 0 Å². The third-order valence-corrected chi connectivity index (χ3v) is 4.83. The Morgan fingerprint density at radius 1 is 1.27 bits per heavy atom. The lowest BCUT2D eigenvalue weighted by molar-refractivity contribution is -0.137. The van der Waals surface area contributed by atoms with Crippen molar-refractivity contribution in [2.75, 3.05) is 26.0 Å². The lowest BCUT2D eigenvalue weighted by Gasteiger charge is -2.21. The van der Waals surface area contributed by atoms with Gasteiger partial charge in [-0.15, -0.1) is 0 Å². The van der Waals surface area contributed by atoms with E-state index in [4.69, 9.17) is 29.5 Å². The van der Waals surface area contributed by atoms with Crippen LogP contribution in [0.25, 0.3) is 10.9 Å². The standard InChI is InChI=1S/C24H28F3N3O3/c1-14-11-20(32-4)30-22-18(29-15(2)7-6-10-28)13-19(31-3)23(21(14)22)33-17-9-5-8-16(12-17)24(25,26)27/h5,8-9,11-13,15,29H,6-7,10,28H2,1-4H3/i4D3,5D,8D,9D,12D. The molecule has 0 bridgehead atoms. The normalized spacial score (nSPS) is 15.9. The number of hydrogen-bond acceptors (Lipinski definition) is 6. The van der Waals surface area contributed by atoms with Gasteiger partial charge in [0.2, 0.25) is 5.88 Å². The number of nitrogens with two attached hydrogens (primary N) is 1. The third-order valence-electron chi connectivity index (χ3n) is 4.83. The first kappa shape index (κ1) is 16.4. The molecular weight excluding hydrogens is 435 g/mol. The Morgan fingerprint density at radius 2 is 2.06 bits per heavy atom. The summed E-state index contributed by atoms with van der Waals surface area (Å²) < 4.78 is 111. The van der Waals surface area contributed by atoms with Crippen molar-refractivity contribution in [2.24, 2.45) is 5.73 Å². The Kier molecular flexibility index (Phi) is 5.06. The summed E-state index contributed by atoms with van der Waals surface area (Å²) in [5.74, 6) is -1.40. The zero-order valence-corrected chi connectivity index (χ0v) is 18.2. The highest BCUT2D eigenvalue weighted by molar-refractivity contribution is 6.00. The van der Waals surface area contributed by atoms with E-state index in [1.807, 2.05) is 6.92 Å². The zero-order valence-electron chi connectivity index (χ0n) is 25.2. The van der Waals surface area contributed by atoms with Crippen LogP contribution in [-0.2, 0) is 6.18 Å². The summed E-state index contributed by atoms with van der Waals surface area (Å²) in [6.07, 6.45) is -3.79. The van der Waals surface area contributed by atoms with Crippen LogP contribution in [0.15, 0.2) is 36.3 Å². The van der Waals surface area contributed by atoms with Crippen molar-refractivity contribution < 1.29 is 37.0 Å². The van der Waals surface area contributed by atoms with Crippen molar-refractivity contribution in [3.8, 4) is 23.1 Å². The van der Waals surface area contributed by atoms with E-state index in [2.05, 4.69) is 10.3 Å². The average molecular weight is 471 g/mol. The Bertz CT molecular complexity index is 1420. The van der Waals surface area contributed by atoms with Gasteiger partial charge in [0.1, 0.15) is 11.3 Å². The smallest absolute Gasteiger partial charge is 0.416 e. The molecule has 1 unspecified atom stereocenters. The summed E-state index contributed by atoms with van der Waals surface area (Å²) in [6, 6.07) is -2.00. The number of aromatic nitrogens is 1. The van der Waals surface area contributed by atoms with Crippen LogP contribution in [0.5, 0.6) is 23.1 Å². The second-order valence-electron chi connectivity index (χ2n) is 7.34. The molecule has 0 spiro atoms. The second-order valence-corrected chi connectivity index (χ2v) is 7.34. The largest absolute Gasteiger partial charge is 0.493 e. The van der Waals surface area contributed by atoms with Crippen LogP contribution in [0.3, 0.4) is 0 Å². The van der Waals surface area contributed by atoms with E-state index in [1.54, 1.807) is 6.92 Å². The molecule has 0 aliphatic heterocycles. The SMILES string of the molecule is [2H]c1c([2H])c(Oc2c(OC)cc(NC(C)CCCN)c3nc(OC([2H])([2H])[2H])cc(C)c23)c([2H])c(C(F)(F)F)c1[2H]. The number of benzene rings is 2. The number of pyridine rings is 1. The number of fused-ring (bicyclic) bond motifs is 1. The van der Waals surface area contributed by atoms with Gasteiger partial charge in [-0.05, 0) is 56.9 Å². The summed E-state index contributed by atoms with van der Waals surface area (Å²) >= 11 is 0. The van der Waals surface area contributed by atoms with Gasteiger partial charge in [0, 0.05) is 18.2 Å². The average Bonchev–Trinajstić information content (AvgIpc) is 2.83. The van der Waals surface area contributed by atoms with E-state index in [1.165, 1.54) is 19.2 Å². The molecule has 1 atom stereocenters. The minimum absolute atomic E-state index is 0.00995. The van der Waals surface area contributed by atoms with E-state index in [0.29, 0.717) is 30.6 Å².